The summed E-state index contributed by atoms with van der Waals surface area (Å²) < 4.78 is 44.9. The van der Waals surface area contributed by atoms with E-state index in [-0.39, 0.29) is 6.10 Å². The molecule has 2 aromatic carbocycles. The Labute approximate surface area is 145 Å². The summed E-state index contributed by atoms with van der Waals surface area (Å²) in [4.78, 5) is 0. The van der Waals surface area contributed by atoms with Crippen LogP contribution in [-0.4, -0.2) is 18.2 Å². The highest BCUT2D eigenvalue weighted by Crippen LogP contribution is 2.34. The monoisotopic (exact) mass is 347 g/mol. The second-order valence-corrected chi connectivity index (χ2v) is 6.96. The van der Waals surface area contributed by atoms with Crippen molar-refractivity contribution < 1.29 is 17.9 Å². The van der Waals surface area contributed by atoms with Gasteiger partial charge in [-0.15, -0.1) is 0 Å². The minimum atomic E-state index is -4.33. The summed E-state index contributed by atoms with van der Waals surface area (Å²) >= 11 is 0. The van der Waals surface area contributed by atoms with Crippen molar-refractivity contribution in [2.24, 2.45) is 0 Å². The number of piperidine rings is 1. The van der Waals surface area contributed by atoms with Crippen LogP contribution in [0.15, 0.2) is 48.5 Å². The molecule has 4 rings (SSSR count). The smallest absolute Gasteiger partial charge is 0.416 e. The summed E-state index contributed by atoms with van der Waals surface area (Å²) in [6.07, 6.45) is 0.229. The minimum Gasteiger partial charge on any atom is -0.490 e. The Morgan fingerprint density at radius 2 is 1.52 bits per heavy atom. The lowest BCUT2D eigenvalue weighted by atomic mass is 10.0. The molecule has 2 heterocycles. The lowest BCUT2D eigenvalue weighted by Crippen LogP contribution is -2.42. The van der Waals surface area contributed by atoms with Crippen molar-refractivity contribution in [1.82, 2.24) is 5.32 Å². The normalized spacial score (nSPS) is 25.8. The van der Waals surface area contributed by atoms with E-state index in [4.69, 9.17) is 4.74 Å². The third-order valence-corrected chi connectivity index (χ3v) is 5.09. The third kappa shape index (κ3) is 3.66. The fraction of sp³-hybridized carbons (Fsp3) is 0.400. The molecular formula is C20H20F3NO. The summed E-state index contributed by atoms with van der Waals surface area (Å²) in [5.74, 6) is 0.723. The number of ether oxygens (including phenoxy) is 1. The maximum Gasteiger partial charge on any atom is 0.416 e. The molecular weight excluding hydrogens is 327 g/mol. The van der Waals surface area contributed by atoms with Gasteiger partial charge in [0.1, 0.15) is 11.9 Å². The largest absolute Gasteiger partial charge is 0.490 e. The molecule has 2 aliphatic heterocycles. The van der Waals surface area contributed by atoms with Gasteiger partial charge in [0, 0.05) is 12.1 Å². The lowest BCUT2D eigenvalue weighted by molar-refractivity contribution is -0.137. The van der Waals surface area contributed by atoms with Gasteiger partial charge in [0.2, 0.25) is 0 Å². The van der Waals surface area contributed by atoms with Crippen LogP contribution >= 0.6 is 0 Å². The van der Waals surface area contributed by atoms with Crippen LogP contribution in [0.1, 0.15) is 31.2 Å². The van der Waals surface area contributed by atoms with Crippen molar-refractivity contribution in [3.05, 3.63) is 54.1 Å². The average Bonchev–Trinajstić information content (AvgIpc) is 2.93. The van der Waals surface area contributed by atoms with Gasteiger partial charge in [-0.25, -0.2) is 0 Å². The van der Waals surface area contributed by atoms with E-state index >= 15 is 0 Å². The molecule has 25 heavy (non-hydrogen) atoms. The van der Waals surface area contributed by atoms with Crippen molar-refractivity contribution in [3.63, 3.8) is 0 Å². The van der Waals surface area contributed by atoms with Crippen molar-refractivity contribution in [2.75, 3.05) is 0 Å². The zero-order valence-corrected chi connectivity index (χ0v) is 13.7. The number of alkyl halides is 3. The molecule has 2 aromatic rings. The number of rotatable bonds is 3. The third-order valence-electron chi connectivity index (χ3n) is 5.09. The first-order valence-electron chi connectivity index (χ1n) is 8.68. The number of hydrogen-bond acceptors (Lipinski definition) is 2. The van der Waals surface area contributed by atoms with Gasteiger partial charge in [0.25, 0.3) is 0 Å². The van der Waals surface area contributed by atoms with Crippen molar-refractivity contribution in [1.29, 1.82) is 0 Å². The SMILES string of the molecule is FC(F)(F)c1cccc(-c2cccc(O[C@@H]3C[C@H]4CC[C@@H](C3)N4)c2)c1. The average molecular weight is 347 g/mol. The van der Waals surface area contributed by atoms with E-state index in [1.165, 1.54) is 25.0 Å². The second kappa shape index (κ2) is 6.37. The fourth-order valence-electron chi connectivity index (χ4n) is 3.92. The van der Waals surface area contributed by atoms with Gasteiger partial charge in [-0.1, -0.05) is 24.3 Å². The Hall–Kier alpha value is -2.01. The Morgan fingerprint density at radius 1 is 0.880 bits per heavy atom. The van der Waals surface area contributed by atoms with E-state index in [0.29, 0.717) is 17.6 Å². The van der Waals surface area contributed by atoms with Crippen molar-refractivity contribution in [2.45, 2.75) is 50.0 Å². The molecule has 0 unspecified atom stereocenters. The quantitative estimate of drug-likeness (QED) is 0.840. The van der Waals surface area contributed by atoms with Crippen LogP contribution in [0.5, 0.6) is 5.75 Å². The predicted octanol–water partition coefficient (Wildman–Crippen LogP) is 5.03. The highest BCUT2D eigenvalue weighted by atomic mass is 19.4. The summed E-state index contributed by atoms with van der Waals surface area (Å²) in [6.45, 7) is 0. The maximum atomic E-state index is 12.9. The lowest BCUT2D eigenvalue weighted by Gasteiger charge is -2.29. The van der Waals surface area contributed by atoms with Gasteiger partial charge < -0.3 is 10.1 Å². The Bertz CT molecular complexity index is 747. The molecule has 2 nitrogen and oxygen atoms in total. The van der Waals surface area contributed by atoms with Gasteiger partial charge in [-0.05, 0) is 61.1 Å². The van der Waals surface area contributed by atoms with E-state index in [0.717, 1.165) is 30.2 Å². The van der Waals surface area contributed by atoms with Crippen LogP contribution in [0.2, 0.25) is 0 Å². The maximum absolute atomic E-state index is 12.9. The molecule has 2 fully saturated rings. The van der Waals surface area contributed by atoms with E-state index in [1.807, 2.05) is 24.3 Å². The molecule has 0 aromatic heterocycles. The van der Waals surface area contributed by atoms with E-state index in [9.17, 15) is 13.2 Å². The van der Waals surface area contributed by atoms with Gasteiger partial charge in [-0.3, -0.25) is 0 Å². The topological polar surface area (TPSA) is 21.3 Å². The highest BCUT2D eigenvalue weighted by Gasteiger charge is 2.34. The zero-order chi connectivity index (χ0) is 17.4. The Balaban J connectivity index is 1.53. The first-order valence-corrected chi connectivity index (χ1v) is 8.68. The second-order valence-electron chi connectivity index (χ2n) is 6.96. The molecule has 1 N–H and O–H groups in total. The first kappa shape index (κ1) is 16.5. The summed E-state index contributed by atoms with van der Waals surface area (Å²) in [5.41, 5.74) is 0.650. The standard InChI is InChI=1S/C20H20F3NO/c21-20(22,23)15-5-1-3-13(9-15)14-4-2-6-18(10-14)25-19-11-16-7-8-17(12-19)24-16/h1-6,9-10,16-17,19,24H,7-8,11-12H2/t16-,17+,19-. The number of nitrogens with one attached hydrogen (secondary N) is 1. The van der Waals surface area contributed by atoms with Crippen LogP contribution in [0.3, 0.4) is 0 Å². The molecule has 0 amide bonds. The summed E-state index contributed by atoms with van der Waals surface area (Å²) in [7, 11) is 0. The highest BCUT2D eigenvalue weighted by molar-refractivity contribution is 5.66. The van der Waals surface area contributed by atoms with Gasteiger partial charge >= 0.3 is 6.18 Å². The van der Waals surface area contributed by atoms with Gasteiger partial charge in [0.05, 0.1) is 5.56 Å². The molecule has 2 saturated heterocycles. The van der Waals surface area contributed by atoms with E-state index < -0.39 is 11.7 Å². The predicted molar refractivity (Wildman–Crippen MR) is 90.5 cm³/mol. The Morgan fingerprint density at radius 3 is 2.20 bits per heavy atom. The molecule has 132 valence electrons. The van der Waals surface area contributed by atoms with E-state index in [1.54, 1.807) is 6.07 Å². The van der Waals surface area contributed by atoms with Gasteiger partial charge in [0.15, 0.2) is 0 Å². The van der Waals surface area contributed by atoms with Crippen molar-refractivity contribution in [3.8, 4) is 16.9 Å². The molecule has 0 radical (unpaired) electrons. The van der Waals surface area contributed by atoms with Crippen LogP contribution < -0.4 is 10.1 Å². The zero-order valence-electron chi connectivity index (χ0n) is 13.7. The molecule has 3 atom stereocenters. The molecule has 2 bridgehead atoms. The van der Waals surface area contributed by atoms with Crippen LogP contribution in [0.4, 0.5) is 13.2 Å². The molecule has 0 spiro atoms. The van der Waals surface area contributed by atoms with Crippen LogP contribution in [0, 0.1) is 0 Å². The molecule has 5 heteroatoms. The number of benzene rings is 2. The van der Waals surface area contributed by atoms with Crippen molar-refractivity contribution >= 4 is 0 Å². The van der Waals surface area contributed by atoms with Crippen LogP contribution in [-0.2, 0) is 6.18 Å². The molecule has 2 aliphatic rings. The summed E-state index contributed by atoms with van der Waals surface area (Å²) in [5, 5.41) is 3.58. The first-order chi connectivity index (χ1) is 12.0. The number of hydrogen-bond donors (Lipinski definition) is 1. The Kier molecular flexibility index (Phi) is 4.20. The number of halogens is 3. The molecule has 0 aliphatic carbocycles. The van der Waals surface area contributed by atoms with Gasteiger partial charge in [-0.2, -0.15) is 13.2 Å². The fourth-order valence-corrected chi connectivity index (χ4v) is 3.92. The van der Waals surface area contributed by atoms with Crippen LogP contribution in [0.25, 0.3) is 11.1 Å². The minimum absolute atomic E-state index is 0.176. The number of fused-ring (bicyclic) bond motifs is 2. The van der Waals surface area contributed by atoms with E-state index in [2.05, 4.69) is 5.32 Å². The molecule has 0 saturated carbocycles. The summed E-state index contributed by atoms with van der Waals surface area (Å²) in [6, 6.07) is 13.8.